The summed E-state index contributed by atoms with van der Waals surface area (Å²) in [6.45, 7) is 5.72. The van der Waals surface area contributed by atoms with Crippen LogP contribution in [0.4, 0.5) is 11.5 Å². The van der Waals surface area contributed by atoms with Crippen molar-refractivity contribution in [3.63, 3.8) is 0 Å². The molecule has 0 fully saturated rings. The maximum Gasteiger partial charge on any atom is 0.126 e. The average molecular weight is 209 g/mol. The summed E-state index contributed by atoms with van der Waals surface area (Å²) in [5, 5.41) is 3.20. The maximum absolute atomic E-state index is 5.53. The van der Waals surface area contributed by atoms with Crippen molar-refractivity contribution in [3.8, 4) is 0 Å². The Bertz CT molecular complexity index is 272. The first kappa shape index (κ1) is 11.8. The van der Waals surface area contributed by atoms with Crippen LogP contribution in [0.3, 0.4) is 0 Å². The SMILES string of the molecule is CC(C)OCCCNc1ccc(N)cn1. The van der Waals surface area contributed by atoms with Crippen LogP contribution in [-0.4, -0.2) is 24.2 Å². The lowest BCUT2D eigenvalue weighted by Gasteiger charge is -2.08. The van der Waals surface area contributed by atoms with Crippen LogP contribution >= 0.6 is 0 Å². The van der Waals surface area contributed by atoms with Crippen LogP contribution in [0.1, 0.15) is 20.3 Å². The van der Waals surface area contributed by atoms with E-state index in [0.29, 0.717) is 11.8 Å². The molecule has 1 aromatic rings. The summed E-state index contributed by atoms with van der Waals surface area (Å²) in [6.07, 6.45) is 2.93. The molecule has 4 heteroatoms. The predicted molar refractivity (Wildman–Crippen MR) is 62.8 cm³/mol. The van der Waals surface area contributed by atoms with E-state index in [0.717, 1.165) is 25.4 Å². The third-order valence-electron chi connectivity index (χ3n) is 1.86. The first-order valence-corrected chi connectivity index (χ1v) is 5.25. The molecule has 4 nitrogen and oxygen atoms in total. The van der Waals surface area contributed by atoms with Crippen molar-refractivity contribution >= 4 is 11.5 Å². The van der Waals surface area contributed by atoms with Gasteiger partial charge >= 0.3 is 0 Å². The Labute approximate surface area is 90.8 Å². The fourth-order valence-corrected chi connectivity index (χ4v) is 1.12. The van der Waals surface area contributed by atoms with E-state index in [1.807, 2.05) is 26.0 Å². The zero-order valence-corrected chi connectivity index (χ0v) is 9.36. The zero-order valence-electron chi connectivity index (χ0n) is 9.36. The van der Waals surface area contributed by atoms with Crippen molar-refractivity contribution in [1.29, 1.82) is 0 Å². The average Bonchev–Trinajstić information content (AvgIpc) is 2.20. The fourth-order valence-electron chi connectivity index (χ4n) is 1.12. The van der Waals surface area contributed by atoms with E-state index < -0.39 is 0 Å². The van der Waals surface area contributed by atoms with E-state index >= 15 is 0 Å². The van der Waals surface area contributed by atoms with Gasteiger partial charge in [0.2, 0.25) is 0 Å². The predicted octanol–water partition coefficient (Wildman–Crippen LogP) is 1.89. The molecule has 15 heavy (non-hydrogen) atoms. The molecular weight excluding hydrogens is 190 g/mol. The molecule has 0 aliphatic heterocycles. The number of anilines is 2. The Morgan fingerprint density at radius 3 is 2.87 bits per heavy atom. The number of hydrogen-bond acceptors (Lipinski definition) is 4. The van der Waals surface area contributed by atoms with Gasteiger partial charge < -0.3 is 15.8 Å². The number of nitrogens with two attached hydrogens (primary N) is 1. The van der Waals surface area contributed by atoms with Gasteiger partial charge in [-0.25, -0.2) is 4.98 Å². The Balaban J connectivity index is 2.12. The molecule has 0 unspecified atom stereocenters. The lowest BCUT2D eigenvalue weighted by molar-refractivity contribution is 0.0787. The highest BCUT2D eigenvalue weighted by atomic mass is 16.5. The number of pyridine rings is 1. The van der Waals surface area contributed by atoms with Gasteiger partial charge in [0, 0.05) is 13.2 Å². The zero-order chi connectivity index (χ0) is 11.1. The molecular formula is C11H19N3O. The van der Waals surface area contributed by atoms with Gasteiger partial charge in [0.25, 0.3) is 0 Å². The standard InChI is InChI=1S/C11H19N3O/c1-9(2)15-7-3-6-13-11-5-4-10(12)8-14-11/h4-5,8-9H,3,6-7,12H2,1-2H3,(H,13,14). The van der Waals surface area contributed by atoms with Crippen molar-refractivity contribution in [2.45, 2.75) is 26.4 Å². The minimum Gasteiger partial charge on any atom is -0.397 e. The summed E-state index contributed by atoms with van der Waals surface area (Å²) in [7, 11) is 0. The second-order valence-electron chi connectivity index (χ2n) is 3.68. The minimum absolute atomic E-state index is 0.305. The molecule has 0 atom stereocenters. The fraction of sp³-hybridized carbons (Fsp3) is 0.545. The third kappa shape index (κ3) is 5.22. The minimum atomic E-state index is 0.305. The summed E-state index contributed by atoms with van der Waals surface area (Å²) in [5.74, 6) is 0.855. The normalized spacial score (nSPS) is 10.6. The van der Waals surface area contributed by atoms with E-state index in [2.05, 4.69) is 10.3 Å². The molecule has 0 aliphatic carbocycles. The number of nitrogen functional groups attached to an aromatic ring is 1. The van der Waals surface area contributed by atoms with Crippen LogP contribution in [0.15, 0.2) is 18.3 Å². The lowest BCUT2D eigenvalue weighted by atomic mass is 10.4. The van der Waals surface area contributed by atoms with Crippen molar-refractivity contribution in [2.24, 2.45) is 0 Å². The molecule has 0 spiro atoms. The molecule has 84 valence electrons. The summed E-state index contributed by atoms with van der Waals surface area (Å²) in [4.78, 5) is 4.13. The molecule has 3 N–H and O–H groups in total. The number of ether oxygens (including phenoxy) is 1. The molecule has 0 bridgehead atoms. The highest BCUT2D eigenvalue weighted by molar-refractivity contribution is 5.43. The number of rotatable bonds is 6. The van der Waals surface area contributed by atoms with Gasteiger partial charge in [0.1, 0.15) is 5.82 Å². The summed E-state index contributed by atoms with van der Waals surface area (Å²) >= 11 is 0. The Morgan fingerprint density at radius 1 is 1.47 bits per heavy atom. The van der Waals surface area contributed by atoms with Crippen molar-refractivity contribution in [3.05, 3.63) is 18.3 Å². The summed E-state index contributed by atoms with van der Waals surface area (Å²) < 4.78 is 5.42. The van der Waals surface area contributed by atoms with E-state index in [4.69, 9.17) is 10.5 Å². The van der Waals surface area contributed by atoms with Crippen molar-refractivity contribution in [1.82, 2.24) is 4.98 Å². The van der Waals surface area contributed by atoms with E-state index in [1.165, 1.54) is 0 Å². The van der Waals surface area contributed by atoms with E-state index in [9.17, 15) is 0 Å². The van der Waals surface area contributed by atoms with Gasteiger partial charge in [-0.15, -0.1) is 0 Å². The summed E-state index contributed by atoms with van der Waals surface area (Å²) in [5.41, 5.74) is 6.21. The van der Waals surface area contributed by atoms with Crippen molar-refractivity contribution < 1.29 is 4.74 Å². The number of nitrogens with zero attached hydrogens (tertiary/aromatic N) is 1. The number of hydrogen-bond donors (Lipinski definition) is 2. The number of nitrogens with one attached hydrogen (secondary N) is 1. The van der Waals surface area contributed by atoms with Crippen LogP contribution in [0.2, 0.25) is 0 Å². The van der Waals surface area contributed by atoms with Gasteiger partial charge in [-0.3, -0.25) is 0 Å². The highest BCUT2D eigenvalue weighted by Crippen LogP contribution is 2.05. The van der Waals surface area contributed by atoms with Crippen LogP contribution < -0.4 is 11.1 Å². The Morgan fingerprint density at radius 2 is 2.27 bits per heavy atom. The monoisotopic (exact) mass is 209 g/mol. The molecule has 1 rings (SSSR count). The Kier molecular flexibility index (Phi) is 4.90. The first-order valence-electron chi connectivity index (χ1n) is 5.25. The van der Waals surface area contributed by atoms with Gasteiger partial charge in [-0.2, -0.15) is 0 Å². The van der Waals surface area contributed by atoms with Crippen LogP contribution in [-0.2, 0) is 4.74 Å². The third-order valence-corrected chi connectivity index (χ3v) is 1.86. The number of aromatic nitrogens is 1. The largest absolute Gasteiger partial charge is 0.397 e. The van der Waals surface area contributed by atoms with Gasteiger partial charge in [0.15, 0.2) is 0 Å². The van der Waals surface area contributed by atoms with Crippen LogP contribution in [0.25, 0.3) is 0 Å². The molecule has 1 heterocycles. The molecule has 0 radical (unpaired) electrons. The molecule has 0 aromatic carbocycles. The van der Waals surface area contributed by atoms with E-state index in [-0.39, 0.29) is 0 Å². The first-order chi connectivity index (χ1) is 7.18. The van der Waals surface area contributed by atoms with Crippen molar-refractivity contribution in [2.75, 3.05) is 24.2 Å². The van der Waals surface area contributed by atoms with Crippen LogP contribution in [0, 0.1) is 0 Å². The van der Waals surface area contributed by atoms with Crippen LogP contribution in [0.5, 0.6) is 0 Å². The second kappa shape index (κ2) is 6.24. The smallest absolute Gasteiger partial charge is 0.126 e. The van der Waals surface area contributed by atoms with Gasteiger partial charge in [-0.05, 0) is 32.4 Å². The molecule has 0 aliphatic rings. The molecule has 0 amide bonds. The summed E-state index contributed by atoms with van der Waals surface area (Å²) in [6, 6.07) is 3.71. The lowest BCUT2D eigenvalue weighted by Crippen LogP contribution is -2.09. The molecule has 0 saturated carbocycles. The molecule has 1 aromatic heterocycles. The maximum atomic E-state index is 5.53. The second-order valence-corrected chi connectivity index (χ2v) is 3.68. The van der Waals surface area contributed by atoms with Gasteiger partial charge in [0.05, 0.1) is 18.0 Å². The molecule has 0 saturated heterocycles. The topological polar surface area (TPSA) is 60.2 Å². The quantitative estimate of drug-likeness (QED) is 0.702. The van der Waals surface area contributed by atoms with E-state index in [1.54, 1.807) is 6.20 Å². The Hall–Kier alpha value is -1.29. The highest BCUT2D eigenvalue weighted by Gasteiger charge is 1.94. The van der Waals surface area contributed by atoms with Gasteiger partial charge in [-0.1, -0.05) is 0 Å².